The number of nitrogens with one attached hydrogen (secondary N) is 1. The van der Waals surface area contributed by atoms with E-state index in [9.17, 15) is 18.0 Å². The molecule has 0 aromatic heterocycles. The van der Waals surface area contributed by atoms with Crippen molar-refractivity contribution in [1.82, 2.24) is 9.62 Å². The molecule has 0 spiro atoms. The molecule has 3 aliphatic heterocycles. The van der Waals surface area contributed by atoms with Gasteiger partial charge in [-0.15, -0.1) is 0 Å². The number of hydrogen-bond acceptors (Lipinski definition) is 10. The van der Waals surface area contributed by atoms with E-state index in [-0.39, 0.29) is 17.9 Å². The molecule has 1 aromatic rings. The Bertz CT molecular complexity index is 1250. The van der Waals surface area contributed by atoms with Crippen LogP contribution in [0.5, 0.6) is 0 Å². The Morgan fingerprint density at radius 3 is 2.23 bits per heavy atom. The number of benzene rings is 1. The van der Waals surface area contributed by atoms with E-state index in [4.69, 9.17) is 28.8 Å². The number of carboxylic acids is 1. The molecule has 12 nitrogen and oxygen atoms in total. The highest BCUT2D eigenvalue weighted by molar-refractivity contribution is 7.90. The second-order valence-electron chi connectivity index (χ2n) is 13.4. The predicted octanol–water partition coefficient (Wildman–Crippen LogP) is 5.38. The van der Waals surface area contributed by atoms with Gasteiger partial charge in [-0.3, -0.25) is 4.79 Å². The molecule has 1 aromatic carbocycles. The van der Waals surface area contributed by atoms with E-state index in [1.807, 2.05) is 4.72 Å². The quantitative estimate of drug-likeness (QED) is 0.192. The number of amides is 1. The fourth-order valence-corrected chi connectivity index (χ4v) is 7.53. The van der Waals surface area contributed by atoms with E-state index in [1.54, 1.807) is 13.8 Å². The van der Waals surface area contributed by atoms with Crippen molar-refractivity contribution in [2.45, 2.75) is 139 Å². The number of hydrogen-bond donors (Lipinski definition) is 2. The van der Waals surface area contributed by atoms with Crippen LogP contribution >= 0.6 is 0 Å². The molecule has 47 heavy (non-hydrogen) atoms. The first-order valence-electron chi connectivity index (χ1n) is 17.3. The summed E-state index contributed by atoms with van der Waals surface area (Å²) < 4.78 is 59.3. The molecule has 0 radical (unpaired) electrons. The summed E-state index contributed by atoms with van der Waals surface area (Å²) in [5, 5.41) is 8.99. The SMILES string of the molecule is CCCCCCCCCCOC[C@@]12O[C@@H](CN3CCCCCC3)[C@@H](OC(=O)NS(=O)(=O)c3ccc(CC(=O)O)cc3)[C@@H]1OC(C)(C)O2. The highest BCUT2D eigenvalue weighted by Crippen LogP contribution is 2.47. The first-order valence-corrected chi connectivity index (χ1v) is 18.8. The number of carbonyl (C=O) groups is 2. The van der Waals surface area contributed by atoms with Crippen LogP contribution in [0.2, 0.25) is 0 Å². The fraction of sp³-hybridized carbons (Fsp3) is 0.765. The Morgan fingerprint density at radius 2 is 1.60 bits per heavy atom. The molecule has 1 amide bonds. The number of nitrogens with zero attached hydrogens (tertiary/aromatic N) is 1. The van der Waals surface area contributed by atoms with Crippen LogP contribution in [0.3, 0.4) is 0 Å². The van der Waals surface area contributed by atoms with Crippen LogP contribution in [0, 0.1) is 0 Å². The minimum Gasteiger partial charge on any atom is -0.481 e. The van der Waals surface area contributed by atoms with E-state index in [0.717, 1.165) is 51.6 Å². The summed E-state index contributed by atoms with van der Waals surface area (Å²) in [6.07, 6.45) is 9.98. The van der Waals surface area contributed by atoms with Crippen LogP contribution in [0.15, 0.2) is 29.2 Å². The van der Waals surface area contributed by atoms with Gasteiger partial charge in [0.1, 0.15) is 12.7 Å². The van der Waals surface area contributed by atoms with Gasteiger partial charge in [0.15, 0.2) is 18.0 Å². The number of carboxylic acid groups (broad SMARTS) is 1. The molecule has 0 saturated carbocycles. The summed E-state index contributed by atoms with van der Waals surface area (Å²) in [6.45, 7) is 8.56. The second-order valence-corrected chi connectivity index (χ2v) is 15.1. The highest BCUT2D eigenvalue weighted by atomic mass is 32.2. The Kier molecular flexibility index (Phi) is 13.9. The summed E-state index contributed by atoms with van der Waals surface area (Å²) in [6, 6.07) is 5.29. The molecule has 2 N–H and O–H groups in total. The molecule has 3 fully saturated rings. The molecule has 13 heteroatoms. The molecule has 3 saturated heterocycles. The van der Waals surface area contributed by atoms with Gasteiger partial charge in [0.2, 0.25) is 5.79 Å². The van der Waals surface area contributed by atoms with Crippen molar-refractivity contribution in [3.05, 3.63) is 29.8 Å². The molecular weight excluding hydrogens is 628 g/mol. The lowest BCUT2D eigenvalue weighted by Crippen LogP contribution is -2.47. The monoisotopic (exact) mass is 682 g/mol. The number of fused-ring (bicyclic) bond motifs is 1. The summed E-state index contributed by atoms with van der Waals surface area (Å²) in [5.74, 6) is -3.42. The van der Waals surface area contributed by atoms with Gasteiger partial charge < -0.3 is 33.7 Å². The minimum atomic E-state index is -4.31. The number of rotatable bonds is 18. The Morgan fingerprint density at radius 1 is 0.957 bits per heavy atom. The van der Waals surface area contributed by atoms with Gasteiger partial charge in [-0.05, 0) is 63.9 Å². The van der Waals surface area contributed by atoms with E-state index in [1.165, 1.54) is 62.8 Å². The number of sulfonamides is 1. The van der Waals surface area contributed by atoms with E-state index in [2.05, 4.69) is 11.8 Å². The molecular formula is C34H54N2O10S. The number of unbranched alkanes of at least 4 members (excludes halogenated alkanes) is 7. The number of likely N-dealkylation sites (tertiary alicyclic amines) is 1. The molecule has 266 valence electrons. The zero-order valence-corrected chi connectivity index (χ0v) is 29.1. The van der Waals surface area contributed by atoms with Crippen molar-refractivity contribution in [1.29, 1.82) is 0 Å². The average molecular weight is 683 g/mol. The van der Waals surface area contributed by atoms with Gasteiger partial charge in [-0.25, -0.2) is 17.9 Å². The zero-order chi connectivity index (χ0) is 33.9. The fourth-order valence-electron chi connectivity index (χ4n) is 6.65. The topological polar surface area (TPSA) is 150 Å². The molecule has 4 atom stereocenters. The van der Waals surface area contributed by atoms with Crippen molar-refractivity contribution in [2.75, 3.05) is 32.8 Å². The molecule has 0 bridgehead atoms. The maximum absolute atomic E-state index is 13.2. The van der Waals surface area contributed by atoms with E-state index < -0.39 is 52.0 Å². The van der Waals surface area contributed by atoms with Crippen LogP contribution in [-0.4, -0.2) is 93.2 Å². The molecule has 3 heterocycles. The van der Waals surface area contributed by atoms with Gasteiger partial charge in [0.25, 0.3) is 10.0 Å². The number of ether oxygens (including phenoxy) is 5. The Hall–Kier alpha value is -2.29. The first kappa shape index (κ1) is 37.5. The third kappa shape index (κ3) is 11.1. The number of aliphatic carboxylic acids is 1. The van der Waals surface area contributed by atoms with Crippen molar-refractivity contribution in [2.24, 2.45) is 0 Å². The van der Waals surface area contributed by atoms with Crippen molar-refractivity contribution < 1.29 is 46.8 Å². The third-order valence-corrected chi connectivity index (χ3v) is 10.2. The predicted molar refractivity (Wildman–Crippen MR) is 174 cm³/mol. The van der Waals surface area contributed by atoms with Gasteiger partial charge in [-0.2, -0.15) is 0 Å². The zero-order valence-electron chi connectivity index (χ0n) is 28.2. The van der Waals surface area contributed by atoms with E-state index in [0.29, 0.717) is 18.7 Å². The smallest absolute Gasteiger partial charge is 0.421 e. The molecule has 4 rings (SSSR count). The third-order valence-electron chi connectivity index (χ3n) is 8.91. The maximum atomic E-state index is 13.2. The minimum absolute atomic E-state index is 0.0799. The average Bonchev–Trinajstić information content (AvgIpc) is 3.24. The summed E-state index contributed by atoms with van der Waals surface area (Å²) >= 11 is 0. The molecule has 3 aliphatic rings. The second kappa shape index (κ2) is 17.4. The molecule has 0 aliphatic carbocycles. The van der Waals surface area contributed by atoms with Crippen molar-refractivity contribution >= 4 is 22.1 Å². The van der Waals surface area contributed by atoms with Gasteiger partial charge in [-0.1, -0.05) is 76.8 Å². The summed E-state index contributed by atoms with van der Waals surface area (Å²) in [5.41, 5.74) is 0.431. The molecule has 0 unspecified atom stereocenters. The Balaban J connectivity index is 1.42. The largest absolute Gasteiger partial charge is 0.481 e. The summed E-state index contributed by atoms with van der Waals surface area (Å²) in [4.78, 5) is 26.3. The van der Waals surface area contributed by atoms with Crippen LogP contribution < -0.4 is 4.72 Å². The first-order chi connectivity index (χ1) is 22.4. The van der Waals surface area contributed by atoms with Crippen molar-refractivity contribution in [3.63, 3.8) is 0 Å². The van der Waals surface area contributed by atoms with Crippen LogP contribution in [0.4, 0.5) is 4.79 Å². The number of carbonyl (C=O) groups excluding carboxylic acids is 1. The lowest BCUT2D eigenvalue weighted by molar-refractivity contribution is -0.279. The maximum Gasteiger partial charge on any atom is 0.421 e. The van der Waals surface area contributed by atoms with Gasteiger partial charge in [0, 0.05) is 13.2 Å². The van der Waals surface area contributed by atoms with Crippen molar-refractivity contribution in [3.8, 4) is 0 Å². The highest BCUT2D eigenvalue weighted by Gasteiger charge is 2.66. The van der Waals surface area contributed by atoms with Gasteiger partial charge in [0.05, 0.1) is 11.3 Å². The normalized spacial score (nSPS) is 26.1. The Labute approximate surface area is 279 Å². The van der Waals surface area contributed by atoms with Gasteiger partial charge >= 0.3 is 12.1 Å². The van der Waals surface area contributed by atoms with Crippen LogP contribution in [-0.2, 0) is 44.9 Å². The van der Waals surface area contributed by atoms with Crippen LogP contribution in [0.1, 0.15) is 103 Å². The summed E-state index contributed by atoms with van der Waals surface area (Å²) in [7, 11) is -4.31. The van der Waals surface area contributed by atoms with Crippen LogP contribution in [0.25, 0.3) is 0 Å². The lowest BCUT2D eigenvalue weighted by atomic mass is 10.0. The standard InChI is InChI=1S/C34H54N2O10S/c1-4-5-6-7-8-9-12-15-22-42-25-34-31(45-33(2,3)46-34)30(28(44-34)24-36-20-13-10-11-14-21-36)43-32(39)35-47(40,41)27-18-16-26(17-19-27)23-29(37)38/h16-19,28,30-31H,4-15,20-25H2,1-3H3,(H,35,39)(H,37,38)/t28-,30+,31-,34-/m0/s1. The van der Waals surface area contributed by atoms with E-state index >= 15 is 0 Å². The lowest BCUT2D eigenvalue weighted by Gasteiger charge is -2.31.